The maximum atomic E-state index is 12.7. The Morgan fingerprint density at radius 1 is 0.853 bits per heavy atom. The van der Waals surface area contributed by atoms with Crippen LogP contribution in [0.15, 0.2) is 65.6 Å². The highest BCUT2D eigenvalue weighted by Crippen LogP contribution is 2.33. The highest BCUT2D eigenvalue weighted by molar-refractivity contribution is 8.00. The number of ether oxygens (including phenoxy) is 4. The summed E-state index contributed by atoms with van der Waals surface area (Å²) in [4.78, 5) is 25.9. The fourth-order valence-electron chi connectivity index (χ4n) is 3.31. The molecular weight excluding hydrogens is 456 g/mol. The van der Waals surface area contributed by atoms with Gasteiger partial charge in [-0.15, -0.1) is 11.8 Å². The average Bonchev–Trinajstić information content (AvgIpc) is 2.87. The van der Waals surface area contributed by atoms with Gasteiger partial charge in [-0.05, 0) is 48.5 Å². The Bertz CT molecular complexity index is 1200. The van der Waals surface area contributed by atoms with Gasteiger partial charge in [0.1, 0.15) is 13.2 Å². The smallest absolute Gasteiger partial charge is 0.255 e. The molecule has 4 rings (SSSR count). The molecule has 0 radical (unpaired) electrons. The van der Waals surface area contributed by atoms with Crippen LogP contribution in [0.1, 0.15) is 10.4 Å². The summed E-state index contributed by atoms with van der Waals surface area (Å²) in [6, 6.07) is 17.6. The van der Waals surface area contributed by atoms with Gasteiger partial charge < -0.3 is 29.6 Å². The van der Waals surface area contributed by atoms with Crippen LogP contribution in [0.3, 0.4) is 0 Å². The van der Waals surface area contributed by atoms with Crippen molar-refractivity contribution >= 4 is 35.0 Å². The Morgan fingerprint density at radius 2 is 1.62 bits per heavy atom. The predicted molar refractivity (Wildman–Crippen MR) is 131 cm³/mol. The summed E-state index contributed by atoms with van der Waals surface area (Å²) in [5.74, 6) is 2.10. The number of fused-ring (bicyclic) bond motifs is 1. The van der Waals surface area contributed by atoms with Crippen molar-refractivity contribution in [1.82, 2.24) is 0 Å². The first-order chi connectivity index (χ1) is 16.6. The molecule has 0 saturated heterocycles. The third kappa shape index (κ3) is 5.74. The molecule has 3 aromatic carbocycles. The number of carbonyl (C=O) groups is 2. The van der Waals surface area contributed by atoms with E-state index in [4.69, 9.17) is 18.9 Å². The van der Waals surface area contributed by atoms with E-state index in [1.165, 1.54) is 26.0 Å². The number of thioether (sulfide) groups is 1. The molecule has 0 aromatic heterocycles. The van der Waals surface area contributed by atoms with Crippen LogP contribution in [-0.2, 0) is 4.79 Å². The molecule has 0 atom stereocenters. The molecule has 3 aromatic rings. The molecule has 0 saturated carbocycles. The molecule has 0 aliphatic carbocycles. The van der Waals surface area contributed by atoms with Gasteiger partial charge >= 0.3 is 0 Å². The molecule has 0 fully saturated rings. The van der Waals surface area contributed by atoms with E-state index in [1.807, 2.05) is 18.2 Å². The number of carbonyl (C=O) groups excluding carboxylic acids is 2. The van der Waals surface area contributed by atoms with Crippen molar-refractivity contribution in [1.29, 1.82) is 0 Å². The normalized spacial score (nSPS) is 11.9. The minimum Gasteiger partial charge on any atom is -0.493 e. The Kier molecular flexibility index (Phi) is 7.44. The van der Waals surface area contributed by atoms with E-state index in [-0.39, 0.29) is 17.6 Å². The first-order valence-electron chi connectivity index (χ1n) is 10.5. The molecule has 2 N–H and O–H groups in total. The maximum Gasteiger partial charge on any atom is 0.255 e. The molecule has 0 bridgehead atoms. The fraction of sp³-hybridized carbons (Fsp3) is 0.200. The first kappa shape index (κ1) is 23.3. The zero-order valence-corrected chi connectivity index (χ0v) is 19.6. The van der Waals surface area contributed by atoms with Crippen LogP contribution >= 0.6 is 11.8 Å². The summed E-state index contributed by atoms with van der Waals surface area (Å²) in [7, 11) is 3.06. The van der Waals surface area contributed by atoms with Gasteiger partial charge in [-0.1, -0.05) is 6.07 Å². The van der Waals surface area contributed by atoms with Crippen molar-refractivity contribution in [2.75, 3.05) is 43.8 Å². The van der Waals surface area contributed by atoms with Gasteiger partial charge in [0, 0.05) is 27.9 Å². The van der Waals surface area contributed by atoms with Crippen LogP contribution < -0.4 is 29.6 Å². The summed E-state index contributed by atoms with van der Waals surface area (Å²) in [6.07, 6.45) is 0. The average molecular weight is 481 g/mol. The SMILES string of the molecule is COc1ccc(C(=O)Nc2cccc(SCC(=O)Nc3ccc4c(c3)OCCO4)c2)cc1OC. The number of hydrogen-bond donors (Lipinski definition) is 2. The molecule has 176 valence electrons. The molecule has 8 nitrogen and oxygen atoms in total. The van der Waals surface area contributed by atoms with Crippen molar-refractivity contribution in [2.45, 2.75) is 4.90 Å². The van der Waals surface area contributed by atoms with Crippen LogP contribution in [-0.4, -0.2) is 45.0 Å². The zero-order valence-electron chi connectivity index (χ0n) is 18.8. The van der Waals surface area contributed by atoms with Gasteiger partial charge in [0.2, 0.25) is 5.91 Å². The summed E-state index contributed by atoms with van der Waals surface area (Å²) >= 11 is 1.37. The number of benzene rings is 3. The van der Waals surface area contributed by atoms with E-state index in [0.717, 1.165) is 4.90 Å². The largest absolute Gasteiger partial charge is 0.493 e. The first-order valence-corrected chi connectivity index (χ1v) is 11.5. The van der Waals surface area contributed by atoms with Gasteiger partial charge in [0.25, 0.3) is 5.91 Å². The van der Waals surface area contributed by atoms with Crippen molar-refractivity contribution in [3.8, 4) is 23.0 Å². The Balaban J connectivity index is 1.33. The van der Waals surface area contributed by atoms with E-state index >= 15 is 0 Å². The maximum absolute atomic E-state index is 12.7. The molecule has 0 spiro atoms. The second kappa shape index (κ2) is 10.8. The molecule has 34 heavy (non-hydrogen) atoms. The third-order valence-electron chi connectivity index (χ3n) is 4.93. The fourth-order valence-corrected chi connectivity index (χ4v) is 4.07. The van der Waals surface area contributed by atoms with Gasteiger partial charge in [-0.2, -0.15) is 0 Å². The molecule has 0 unspecified atom stereocenters. The number of nitrogens with one attached hydrogen (secondary N) is 2. The summed E-state index contributed by atoms with van der Waals surface area (Å²) in [6.45, 7) is 1.00. The zero-order chi connectivity index (χ0) is 23.9. The van der Waals surface area contributed by atoms with Crippen LogP contribution in [0.4, 0.5) is 11.4 Å². The van der Waals surface area contributed by atoms with Crippen molar-refractivity contribution < 1.29 is 28.5 Å². The highest BCUT2D eigenvalue weighted by Gasteiger charge is 2.14. The third-order valence-corrected chi connectivity index (χ3v) is 5.93. The van der Waals surface area contributed by atoms with Gasteiger partial charge in [-0.3, -0.25) is 9.59 Å². The molecular formula is C25H24N2O6S. The second-order valence-electron chi connectivity index (χ2n) is 7.25. The quantitative estimate of drug-likeness (QED) is 0.460. The predicted octanol–water partition coefficient (Wildman–Crippen LogP) is 4.46. The lowest BCUT2D eigenvalue weighted by atomic mass is 10.2. The lowest BCUT2D eigenvalue weighted by molar-refractivity contribution is -0.113. The number of anilines is 2. The van der Waals surface area contributed by atoms with Crippen molar-refractivity contribution in [2.24, 2.45) is 0 Å². The van der Waals surface area contributed by atoms with Gasteiger partial charge in [-0.25, -0.2) is 0 Å². The summed E-state index contributed by atoms with van der Waals surface area (Å²) < 4.78 is 21.5. The van der Waals surface area contributed by atoms with E-state index in [9.17, 15) is 9.59 Å². The van der Waals surface area contributed by atoms with Crippen molar-refractivity contribution in [3.63, 3.8) is 0 Å². The lowest BCUT2D eigenvalue weighted by Gasteiger charge is -2.19. The Labute approximate surface area is 201 Å². The monoisotopic (exact) mass is 480 g/mol. The number of methoxy groups -OCH3 is 2. The van der Waals surface area contributed by atoms with Gasteiger partial charge in [0.05, 0.1) is 20.0 Å². The van der Waals surface area contributed by atoms with Crippen molar-refractivity contribution in [3.05, 3.63) is 66.2 Å². The topological polar surface area (TPSA) is 95.1 Å². The minimum absolute atomic E-state index is 0.151. The van der Waals surface area contributed by atoms with Gasteiger partial charge in [0.15, 0.2) is 23.0 Å². The lowest BCUT2D eigenvalue weighted by Crippen LogP contribution is -2.17. The number of hydrogen-bond acceptors (Lipinski definition) is 7. The second-order valence-corrected chi connectivity index (χ2v) is 8.30. The standard InChI is InChI=1S/C25H24N2O6S/c1-30-20-8-6-16(12-22(20)31-2)25(29)27-17-4-3-5-19(13-17)34-15-24(28)26-18-7-9-21-23(14-18)33-11-10-32-21/h3-9,12-14H,10-11,15H2,1-2H3,(H,26,28)(H,27,29). The molecule has 2 amide bonds. The van der Waals surface area contributed by atoms with E-state index < -0.39 is 0 Å². The highest BCUT2D eigenvalue weighted by atomic mass is 32.2. The van der Waals surface area contributed by atoms with Crippen LogP contribution in [0.5, 0.6) is 23.0 Å². The molecule has 1 aliphatic rings. The molecule has 1 heterocycles. The molecule has 1 aliphatic heterocycles. The Morgan fingerprint density at radius 3 is 2.41 bits per heavy atom. The Hall–Kier alpha value is -3.85. The molecule has 9 heteroatoms. The summed E-state index contributed by atoms with van der Waals surface area (Å²) in [5.41, 5.74) is 1.71. The minimum atomic E-state index is -0.278. The van der Waals surface area contributed by atoms with E-state index in [2.05, 4.69) is 10.6 Å². The number of amides is 2. The summed E-state index contributed by atoms with van der Waals surface area (Å²) in [5, 5.41) is 5.73. The van der Waals surface area contributed by atoms with Crippen LogP contribution in [0.25, 0.3) is 0 Å². The van der Waals surface area contributed by atoms with Crippen LogP contribution in [0.2, 0.25) is 0 Å². The van der Waals surface area contributed by atoms with E-state index in [0.29, 0.717) is 53.2 Å². The van der Waals surface area contributed by atoms with Crippen LogP contribution in [0, 0.1) is 0 Å². The van der Waals surface area contributed by atoms with E-state index in [1.54, 1.807) is 42.5 Å². The number of rotatable bonds is 8.